The molecular weight excluding hydrogens is 371 g/mol. The zero-order chi connectivity index (χ0) is 19.0. The van der Waals surface area contributed by atoms with Crippen molar-refractivity contribution in [2.24, 2.45) is 5.92 Å². The van der Waals surface area contributed by atoms with E-state index in [2.05, 4.69) is 15.1 Å². The molecule has 4 rings (SSSR count). The molecule has 1 fully saturated rings. The summed E-state index contributed by atoms with van der Waals surface area (Å²) in [5.41, 5.74) is 1.13. The summed E-state index contributed by atoms with van der Waals surface area (Å²) in [6.07, 6.45) is 3.34. The summed E-state index contributed by atoms with van der Waals surface area (Å²) in [5, 5.41) is 3.96. The Morgan fingerprint density at radius 1 is 1.33 bits per heavy atom. The minimum Gasteiger partial charge on any atom is -0.339 e. The van der Waals surface area contributed by atoms with Crippen LogP contribution in [0.25, 0.3) is 11.4 Å². The molecule has 1 saturated heterocycles. The molecule has 3 heterocycles. The van der Waals surface area contributed by atoms with Crippen LogP contribution in [-0.2, 0) is 0 Å². The zero-order valence-electron chi connectivity index (χ0n) is 14.5. The fourth-order valence-corrected chi connectivity index (χ4v) is 3.44. The second-order valence-electron chi connectivity index (χ2n) is 6.62. The SMILES string of the molecule is CC1CN(C(=O)c2ccc(F)c(Cl)c2)CC1c1nc(-c2cccnc2)no1. The summed E-state index contributed by atoms with van der Waals surface area (Å²) in [7, 11) is 0. The van der Waals surface area contributed by atoms with Gasteiger partial charge in [-0.15, -0.1) is 0 Å². The van der Waals surface area contributed by atoms with Crippen molar-refractivity contribution in [3.05, 3.63) is 65.0 Å². The van der Waals surface area contributed by atoms with Crippen LogP contribution in [0.3, 0.4) is 0 Å². The van der Waals surface area contributed by atoms with E-state index in [4.69, 9.17) is 16.1 Å². The van der Waals surface area contributed by atoms with Gasteiger partial charge in [0.25, 0.3) is 5.91 Å². The van der Waals surface area contributed by atoms with E-state index in [-0.39, 0.29) is 22.8 Å². The fraction of sp³-hybridized carbons (Fsp3) is 0.263. The maximum absolute atomic E-state index is 13.3. The third-order valence-corrected chi connectivity index (χ3v) is 5.03. The van der Waals surface area contributed by atoms with Gasteiger partial charge in [-0.2, -0.15) is 4.98 Å². The highest BCUT2D eigenvalue weighted by atomic mass is 35.5. The average molecular weight is 387 g/mol. The number of carbonyl (C=O) groups excluding carboxylic acids is 1. The first kappa shape index (κ1) is 17.6. The summed E-state index contributed by atoms with van der Waals surface area (Å²) in [4.78, 5) is 23.0. The molecule has 0 radical (unpaired) electrons. The number of benzene rings is 1. The van der Waals surface area contributed by atoms with Crippen molar-refractivity contribution >= 4 is 17.5 Å². The monoisotopic (exact) mass is 386 g/mol. The summed E-state index contributed by atoms with van der Waals surface area (Å²) in [6, 6.07) is 7.65. The first-order chi connectivity index (χ1) is 13.0. The summed E-state index contributed by atoms with van der Waals surface area (Å²) >= 11 is 5.79. The van der Waals surface area contributed by atoms with E-state index in [1.54, 1.807) is 23.4 Å². The summed E-state index contributed by atoms with van der Waals surface area (Å²) in [5.74, 6) is 0.303. The lowest BCUT2D eigenvalue weighted by molar-refractivity contribution is 0.0786. The molecule has 1 amide bonds. The van der Waals surface area contributed by atoms with E-state index in [1.165, 1.54) is 18.2 Å². The molecule has 1 aliphatic rings. The number of aromatic nitrogens is 3. The fourth-order valence-electron chi connectivity index (χ4n) is 3.26. The van der Waals surface area contributed by atoms with Gasteiger partial charge in [-0.3, -0.25) is 9.78 Å². The molecule has 0 bridgehead atoms. The lowest BCUT2D eigenvalue weighted by Gasteiger charge is -2.16. The van der Waals surface area contributed by atoms with Crippen molar-refractivity contribution in [3.63, 3.8) is 0 Å². The lowest BCUT2D eigenvalue weighted by atomic mass is 9.98. The molecule has 8 heteroatoms. The van der Waals surface area contributed by atoms with E-state index in [0.29, 0.717) is 30.4 Å². The molecule has 2 atom stereocenters. The second-order valence-corrected chi connectivity index (χ2v) is 7.03. The molecule has 0 N–H and O–H groups in total. The van der Waals surface area contributed by atoms with Crippen LogP contribution in [0.5, 0.6) is 0 Å². The molecule has 0 spiro atoms. The molecule has 2 aromatic heterocycles. The quantitative estimate of drug-likeness (QED) is 0.684. The van der Waals surface area contributed by atoms with Crippen LogP contribution in [0.4, 0.5) is 4.39 Å². The molecule has 0 aliphatic carbocycles. The zero-order valence-corrected chi connectivity index (χ0v) is 15.2. The van der Waals surface area contributed by atoms with Crippen LogP contribution in [0.15, 0.2) is 47.2 Å². The van der Waals surface area contributed by atoms with E-state index < -0.39 is 5.82 Å². The standard InChI is InChI=1S/C19H16ClFN4O2/c1-11-9-25(19(26)12-4-5-16(21)15(20)7-12)10-14(11)18-23-17(24-27-18)13-3-2-6-22-8-13/h2-8,11,14H,9-10H2,1H3. The van der Waals surface area contributed by atoms with E-state index in [0.717, 1.165) is 5.56 Å². The number of carbonyl (C=O) groups is 1. The maximum Gasteiger partial charge on any atom is 0.253 e. The number of pyridine rings is 1. The van der Waals surface area contributed by atoms with E-state index in [1.807, 2.05) is 13.0 Å². The highest BCUT2D eigenvalue weighted by Gasteiger charge is 2.37. The van der Waals surface area contributed by atoms with Crippen molar-refractivity contribution in [3.8, 4) is 11.4 Å². The largest absolute Gasteiger partial charge is 0.339 e. The molecule has 2 unspecified atom stereocenters. The normalized spacial score (nSPS) is 19.4. The van der Waals surface area contributed by atoms with Gasteiger partial charge in [-0.25, -0.2) is 4.39 Å². The molecule has 3 aromatic rings. The Labute approximate surface area is 160 Å². The number of hydrogen-bond donors (Lipinski definition) is 0. The first-order valence-electron chi connectivity index (χ1n) is 8.51. The third-order valence-electron chi connectivity index (χ3n) is 4.74. The van der Waals surface area contributed by atoms with Crippen molar-refractivity contribution in [2.45, 2.75) is 12.8 Å². The van der Waals surface area contributed by atoms with Gasteiger partial charge in [0.1, 0.15) is 5.82 Å². The Hall–Kier alpha value is -2.80. The Balaban J connectivity index is 1.52. The number of hydrogen-bond acceptors (Lipinski definition) is 5. The van der Waals surface area contributed by atoms with Crippen LogP contribution >= 0.6 is 11.6 Å². The first-order valence-corrected chi connectivity index (χ1v) is 8.89. The molecule has 6 nitrogen and oxygen atoms in total. The molecule has 138 valence electrons. The highest BCUT2D eigenvalue weighted by Crippen LogP contribution is 2.33. The molecule has 0 saturated carbocycles. The highest BCUT2D eigenvalue weighted by molar-refractivity contribution is 6.31. The van der Waals surface area contributed by atoms with Crippen molar-refractivity contribution in [1.82, 2.24) is 20.0 Å². The number of likely N-dealkylation sites (tertiary alicyclic amines) is 1. The Morgan fingerprint density at radius 3 is 2.93 bits per heavy atom. The van der Waals surface area contributed by atoms with Crippen LogP contribution in [0, 0.1) is 11.7 Å². The Morgan fingerprint density at radius 2 is 2.19 bits per heavy atom. The van der Waals surface area contributed by atoms with Gasteiger partial charge in [0.15, 0.2) is 0 Å². The van der Waals surface area contributed by atoms with Gasteiger partial charge in [-0.05, 0) is 36.2 Å². The lowest BCUT2D eigenvalue weighted by Crippen LogP contribution is -2.28. The van der Waals surface area contributed by atoms with Crippen LogP contribution < -0.4 is 0 Å². The van der Waals surface area contributed by atoms with Crippen molar-refractivity contribution in [2.75, 3.05) is 13.1 Å². The Kier molecular flexibility index (Phi) is 4.61. The average Bonchev–Trinajstić information content (AvgIpc) is 3.31. The van der Waals surface area contributed by atoms with Gasteiger partial charge in [0.2, 0.25) is 11.7 Å². The molecular formula is C19H16ClFN4O2. The van der Waals surface area contributed by atoms with Gasteiger partial charge < -0.3 is 9.42 Å². The number of amides is 1. The van der Waals surface area contributed by atoms with Gasteiger partial charge in [0.05, 0.1) is 10.9 Å². The second kappa shape index (κ2) is 7.08. The maximum atomic E-state index is 13.3. The summed E-state index contributed by atoms with van der Waals surface area (Å²) in [6.45, 7) is 3.02. The number of nitrogens with zero attached hydrogens (tertiary/aromatic N) is 4. The van der Waals surface area contributed by atoms with Crippen molar-refractivity contribution in [1.29, 1.82) is 0 Å². The van der Waals surface area contributed by atoms with Crippen LogP contribution in [-0.4, -0.2) is 39.0 Å². The third kappa shape index (κ3) is 3.42. The predicted octanol–water partition coefficient (Wildman–Crippen LogP) is 3.80. The molecule has 1 aliphatic heterocycles. The van der Waals surface area contributed by atoms with E-state index in [9.17, 15) is 9.18 Å². The number of halogens is 2. The molecule has 27 heavy (non-hydrogen) atoms. The van der Waals surface area contributed by atoms with Gasteiger partial charge in [0, 0.05) is 36.6 Å². The summed E-state index contributed by atoms with van der Waals surface area (Å²) < 4.78 is 18.8. The minimum atomic E-state index is -0.547. The Bertz CT molecular complexity index is 979. The topological polar surface area (TPSA) is 72.1 Å². The predicted molar refractivity (Wildman–Crippen MR) is 96.7 cm³/mol. The van der Waals surface area contributed by atoms with E-state index >= 15 is 0 Å². The van der Waals surface area contributed by atoms with Gasteiger partial charge >= 0.3 is 0 Å². The molecule has 1 aromatic carbocycles. The number of rotatable bonds is 3. The van der Waals surface area contributed by atoms with Crippen molar-refractivity contribution < 1.29 is 13.7 Å². The van der Waals surface area contributed by atoms with Crippen LogP contribution in [0.2, 0.25) is 5.02 Å². The van der Waals surface area contributed by atoms with Gasteiger partial charge in [-0.1, -0.05) is 23.7 Å². The van der Waals surface area contributed by atoms with Crippen LogP contribution in [0.1, 0.15) is 29.1 Å². The smallest absolute Gasteiger partial charge is 0.253 e. The minimum absolute atomic E-state index is 0.0669.